The van der Waals surface area contributed by atoms with Gasteiger partial charge in [0.2, 0.25) is 5.91 Å². The van der Waals surface area contributed by atoms with Crippen LogP contribution in [0.5, 0.6) is 0 Å². The average molecular weight is 297 g/mol. The van der Waals surface area contributed by atoms with Crippen LogP contribution in [0.25, 0.3) is 0 Å². The molecule has 2 aliphatic rings. The van der Waals surface area contributed by atoms with Crippen molar-refractivity contribution >= 4 is 5.91 Å². The number of hydrogen-bond acceptors (Lipinski definition) is 3. The van der Waals surface area contributed by atoms with Gasteiger partial charge in [0, 0.05) is 20.3 Å². The van der Waals surface area contributed by atoms with Crippen molar-refractivity contribution in [2.75, 3.05) is 20.3 Å². The van der Waals surface area contributed by atoms with Gasteiger partial charge in [0.15, 0.2) is 0 Å². The van der Waals surface area contributed by atoms with Crippen molar-refractivity contribution in [2.45, 2.75) is 76.2 Å². The summed E-state index contributed by atoms with van der Waals surface area (Å²) in [4.78, 5) is 12.7. The normalized spacial score (nSPS) is 24.5. The number of methoxy groups -OCH3 is 1. The second-order valence-electron chi connectivity index (χ2n) is 7.05. The van der Waals surface area contributed by atoms with Gasteiger partial charge in [0.05, 0.1) is 11.0 Å². The average Bonchev–Trinajstić information content (AvgIpc) is 2.86. The van der Waals surface area contributed by atoms with Crippen molar-refractivity contribution in [3.05, 3.63) is 0 Å². The van der Waals surface area contributed by atoms with E-state index in [1.165, 1.54) is 12.8 Å². The minimum atomic E-state index is -0.687. The summed E-state index contributed by atoms with van der Waals surface area (Å²) < 4.78 is 5.18. The van der Waals surface area contributed by atoms with Gasteiger partial charge in [0.25, 0.3) is 0 Å². The fraction of sp³-hybridized carbons (Fsp3) is 0.941. The Morgan fingerprint density at radius 3 is 2.19 bits per heavy atom. The second kappa shape index (κ2) is 7.59. The molecule has 1 amide bonds. The Morgan fingerprint density at radius 2 is 1.62 bits per heavy atom. The fourth-order valence-electron chi connectivity index (χ4n) is 3.94. The zero-order valence-corrected chi connectivity index (χ0v) is 13.5. The summed E-state index contributed by atoms with van der Waals surface area (Å²) in [6.07, 6.45) is 11.2. The van der Waals surface area contributed by atoms with E-state index in [0.717, 1.165) is 57.8 Å². The molecule has 0 aromatic heterocycles. The summed E-state index contributed by atoms with van der Waals surface area (Å²) in [5.74, 6) is 0.134. The maximum Gasteiger partial charge on any atom is 0.226 e. The first-order valence-electron chi connectivity index (χ1n) is 8.60. The lowest BCUT2D eigenvalue weighted by atomic mass is 9.81. The molecular weight excluding hydrogens is 266 g/mol. The molecule has 0 radical (unpaired) electrons. The molecule has 0 aromatic carbocycles. The van der Waals surface area contributed by atoms with E-state index in [4.69, 9.17) is 4.74 Å². The smallest absolute Gasteiger partial charge is 0.226 e. The number of hydrogen-bond donors (Lipinski definition) is 2. The lowest BCUT2D eigenvalue weighted by molar-refractivity contribution is -0.133. The van der Waals surface area contributed by atoms with Crippen molar-refractivity contribution in [3.8, 4) is 0 Å². The molecular formula is C17H31NO3. The number of amides is 1. The quantitative estimate of drug-likeness (QED) is 0.741. The Bertz CT molecular complexity index is 329. The Labute approximate surface area is 128 Å². The number of aliphatic hydroxyl groups is 1. The first kappa shape index (κ1) is 16.8. The van der Waals surface area contributed by atoms with Crippen molar-refractivity contribution in [1.29, 1.82) is 0 Å². The van der Waals surface area contributed by atoms with E-state index in [1.807, 2.05) is 0 Å². The molecule has 4 heteroatoms. The number of carbonyl (C=O) groups excluding carboxylic acids is 1. The van der Waals surface area contributed by atoms with Crippen LogP contribution in [-0.4, -0.2) is 36.9 Å². The molecule has 2 aliphatic carbocycles. The van der Waals surface area contributed by atoms with E-state index in [0.29, 0.717) is 13.2 Å². The zero-order valence-electron chi connectivity index (χ0n) is 13.5. The highest BCUT2D eigenvalue weighted by Gasteiger charge is 2.41. The molecule has 0 aromatic rings. The van der Waals surface area contributed by atoms with Gasteiger partial charge in [-0.3, -0.25) is 4.79 Å². The molecule has 0 bridgehead atoms. The maximum atomic E-state index is 12.7. The molecule has 0 unspecified atom stereocenters. The van der Waals surface area contributed by atoms with Crippen LogP contribution in [0, 0.1) is 5.41 Å². The highest BCUT2D eigenvalue weighted by atomic mass is 16.5. The topological polar surface area (TPSA) is 58.6 Å². The molecule has 2 N–H and O–H groups in total. The summed E-state index contributed by atoms with van der Waals surface area (Å²) in [5, 5.41) is 13.7. The highest BCUT2D eigenvalue weighted by molar-refractivity contribution is 5.83. The lowest BCUT2D eigenvalue weighted by Gasteiger charge is -2.31. The van der Waals surface area contributed by atoms with Gasteiger partial charge in [0.1, 0.15) is 0 Å². The van der Waals surface area contributed by atoms with Crippen LogP contribution in [-0.2, 0) is 9.53 Å². The van der Waals surface area contributed by atoms with Crippen molar-refractivity contribution in [2.24, 2.45) is 5.41 Å². The summed E-state index contributed by atoms with van der Waals surface area (Å²) >= 11 is 0. The SMILES string of the molecule is COCCC1(C(=O)NCC2(O)CCCCCC2)CCCC1. The minimum absolute atomic E-state index is 0.134. The van der Waals surface area contributed by atoms with Gasteiger partial charge in [-0.15, -0.1) is 0 Å². The molecule has 0 spiro atoms. The molecule has 0 heterocycles. The standard InChI is InChI=1S/C17H31NO3/c1-21-13-12-16(8-6-7-9-16)15(19)18-14-17(20)10-4-2-3-5-11-17/h20H,2-14H2,1H3,(H,18,19). The third-order valence-electron chi connectivity index (χ3n) is 5.44. The van der Waals surface area contributed by atoms with E-state index >= 15 is 0 Å². The van der Waals surface area contributed by atoms with Crippen molar-refractivity contribution in [3.63, 3.8) is 0 Å². The summed E-state index contributed by atoms with van der Waals surface area (Å²) in [5.41, 5.74) is -0.940. The monoisotopic (exact) mass is 297 g/mol. The Kier molecular flexibility index (Phi) is 6.06. The Hall–Kier alpha value is -0.610. The Morgan fingerprint density at radius 1 is 1.05 bits per heavy atom. The molecule has 0 atom stereocenters. The van der Waals surface area contributed by atoms with Crippen LogP contribution >= 0.6 is 0 Å². The second-order valence-corrected chi connectivity index (χ2v) is 7.05. The van der Waals surface area contributed by atoms with Gasteiger partial charge >= 0.3 is 0 Å². The molecule has 0 aliphatic heterocycles. The molecule has 2 rings (SSSR count). The van der Waals surface area contributed by atoms with Gasteiger partial charge in [-0.05, 0) is 32.1 Å². The molecule has 2 fully saturated rings. The number of nitrogens with one attached hydrogen (secondary N) is 1. The van der Waals surface area contributed by atoms with Gasteiger partial charge in [-0.1, -0.05) is 38.5 Å². The third-order valence-corrected chi connectivity index (χ3v) is 5.44. The van der Waals surface area contributed by atoms with Gasteiger partial charge in [-0.2, -0.15) is 0 Å². The minimum Gasteiger partial charge on any atom is -0.388 e. The fourth-order valence-corrected chi connectivity index (χ4v) is 3.94. The van der Waals surface area contributed by atoms with E-state index in [2.05, 4.69) is 5.32 Å². The Balaban J connectivity index is 1.89. The molecule has 0 saturated heterocycles. The number of ether oxygens (including phenoxy) is 1. The van der Waals surface area contributed by atoms with Crippen LogP contribution in [0.4, 0.5) is 0 Å². The van der Waals surface area contributed by atoms with Gasteiger partial charge in [-0.25, -0.2) is 0 Å². The highest BCUT2D eigenvalue weighted by Crippen LogP contribution is 2.41. The summed E-state index contributed by atoms with van der Waals surface area (Å²) in [6.45, 7) is 1.05. The van der Waals surface area contributed by atoms with Crippen molar-refractivity contribution in [1.82, 2.24) is 5.32 Å². The van der Waals surface area contributed by atoms with Crippen LogP contribution in [0.1, 0.15) is 70.6 Å². The zero-order chi connectivity index (χ0) is 15.2. The van der Waals surface area contributed by atoms with Crippen LogP contribution < -0.4 is 5.32 Å². The lowest BCUT2D eigenvalue weighted by Crippen LogP contribution is -2.47. The number of rotatable bonds is 6. The molecule has 122 valence electrons. The van der Waals surface area contributed by atoms with Gasteiger partial charge < -0.3 is 15.2 Å². The maximum absolute atomic E-state index is 12.7. The third kappa shape index (κ3) is 4.43. The summed E-state index contributed by atoms with van der Waals surface area (Å²) in [6, 6.07) is 0. The number of carbonyl (C=O) groups is 1. The van der Waals surface area contributed by atoms with E-state index in [1.54, 1.807) is 7.11 Å². The molecule has 2 saturated carbocycles. The van der Waals surface area contributed by atoms with Crippen LogP contribution in [0.3, 0.4) is 0 Å². The summed E-state index contributed by atoms with van der Waals surface area (Å²) in [7, 11) is 1.69. The predicted molar refractivity (Wildman–Crippen MR) is 83.1 cm³/mol. The van der Waals surface area contributed by atoms with Crippen LogP contribution in [0.2, 0.25) is 0 Å². The van der Waals surface area contributed by atoms with Crippen LogP contribution in [0.15, 0.2) is 0 Å². The van der Waals surface area contributed by atoms with E-state index in [-0.39, 0.29) is 11.3 Å². The van der Waals surface area contributed by atoms with E-state index < -0.39 is 5.60 Å². The van der Waals surface area contributed by atoms with Crippen molar-refractivity contribution < 1.29 is 14.6 Å². The molecule has 21 heavy (non-hydrogen) atoms. The first-order chi connectivity index (χ1) is 10.1. The largest absolute Gasteiger partial charge is 0.388 e. The molecule has 4 nitrogen and oxygen atoms in total. The van der Waals surface area contributed by atoms with E-state index in [9.17, 15) is 9.90 Å². The first-order valence-corrected chi connectivity index (χ1v) is 8.60. The predicted octanol–water partition coefficient (Wildman–Crippen LogP) is 2.78.